The maximum atomic E-state index is 10.9. The summed E-state index contributed by atoms with van der Waals surface area (Å²) in [5.74, 6) is 0.810. The van der Waals surface area contributed by atoms with E-state index in [0.717, 1.165) is 18.8 Å². The van der Waals surface area contributed by atoms with E-state index in [1.807, 2.05) is 0 Å². The van der Waals surface area contributed by atoms with Crippen LogP contribution in [0.1, 0.15) is 36.5 Å². The van der Waals surface area contributed by atoms with Crippen LogP contribution in [0.15, 0.2) is 24.3 Å². The summed E-state index contributed by atoms with van der Waals surface area (Å²) in [6.07, 6.45) is 3.45. The third-order valence-corrected chi connectivity index (χ3v) is 2.38. The molecule has 0 fully saturated rings. The van der Waals surface area contributed by atoms with Crippen molar-refractivity contribution in [2.45, 2.75) is 26.2 Å². The second kappa shape index (κ2) is 6.51. The molecule has 0 aliphatic heterocycles. The normalized spacial score (nSPS) is 10.0. The quantitative estimate of drug-likeness (QED) is 0.592. The van der Waals surface area contributed by atoms with E-state index >= 15 is 0 Å². The first kappa shape index (κ1) is 12.1. The van der Waals surface area contributed by atoms with Gasteiger partial charge in [0.1, 0.15) is 5.75 Å². The Bertz CT molecular complexity index is 306. The molecule has 1 rings (SSSR count). The van der Waals surface area contributed by atoms with Crippen LogP contribution >= 0.6 is 12.6 Å². The summed E-state index contributed by atoms with van der Waals surface area (Å²) < 4.78 is 5.51. The fourth-order valence-corrected chi connectivity index (χ4v) is 1.38. The van der Waals surface area contributed by atoms with Crippen LogP contribution in [0, 0.1) is 0 Å². The SMILES string of the molecule is CCCCCOc1ccc(C(=O)S)cc1. The maximum Gasteiger partial charge on any atom is 0.216 e. The van der Waals surface area contributed by atoms with Crippen molar-refractivity contribution in [3.8, 4) is 5.75 Å². The zero-order chi connectivity index (χ0) is 11.1. The van der Waals surface area contributed by atoms with Gasteiger partial charge in [-0.1, -0.05) is 19.8 Å². The van der Waals surface area contributed by atoms with E-state index in [1.54, 1.807) is 24.3 Å². The van der Waals surface area contributed by atoms with Gasteiger partial charge in [0.2, 0.25) is 5.12 Å². The average molecular weight is 224 g/mol. The lowest BCUT2D eigenvalue weighted by Gasteiger charge is -2.05. The van der Waals surface area contributed by atoms with Crippen molar-refractivity contribution in [1.29, 1.82) is 0 Å². The Hall–Kier alpha value is -0.960. The molecule has 15 heavy (non-hydrogen) atoms. The van der Waals surface area contributed by atoms with Gasteiger partial charge in [-0.2, -0.15) is 0 Å². The minimum atomic E-state index is -0.215. The van der Waals surface area contributed by atoms with Crippen molar-refractivity contribution < 1.29 is 9.53 Å². The number of rotatable bonds is 6. The smallest absolute Gasteiger partial charge is 0.216 e. The summed E-state index contributed by atoms with van der Waals surface area (Å²) in [6.45, 7) is 2.90. The molecule has 1 aromatic carbocycles. The van der Waals surface area contributed by atoms with Crippen molar-refractivity contribution in [2.75, 3.05) is 6.61 Å². The Morgan fingerprint density at radius 1 is 1.27 bits per heavy atom. The minimum absolute atomic E-state index is 0.215. The molecule has 1 aromatic rings. The van der Waals surface area contributed by atoms with Crippen molar-refractivity contribution >= 4 is 17.7 Å². The summed E-state index contributed by atoms with van der Waals surface area (Å²) in [5.41, 5.74) is 0.597. The van der Waals surface area contributed by atoms with Crippen LogP contribution in [0.3, 0.4) is 0 Å². The molecule has 0 atom stereocenters. The van der Waals surface area contributed by atoms with Crippen LogP contribution in [0.4, 0.5) is 0 Å². The molecule has 0 heterocycles. The summed E-state index contributed by atoms with van der Waals surface area (Å²) in [6, 6.07) is 7.06. The van der Waals surface area contributed by atoms with Gasteiger partial charge in [0.25, 0.3) is 0 Å². The zero-order valence-electron chi connectivity index (χ0n) is 8.90. The summed E-state index contributed by atoms with van der Waals surface area (Å²) in [5, 5.41) is -0.215. The summed E-state index contributed by atoms with van der Waals surface area (Å²) in [7, 11) is 0. The predicted octanol–water partition coefficient (Wildman–Crippen LogP) is 3.33. The number of unbranched alkanes of at least 4 members (excludes halogenated alkanes) is 2. The van der Waals surface area contributed by atoms with Gasteiger partial charge in [0.05, 0.1) is 6.61 Å². The average Bonchev–Trinajstić information content (AvgIpc) is 2.25. The number of benzene rings is 1. The molecule has 0 saturated heterocycles. The van der Waals surface area contributed by atoms with Gasteiger partial charge >= 0.3 is 0 Å². The summed E-state index contributed by atoms with van der Waals surface area (Å²) in [4.78, 5) is 10.9. The van der Waals surface area contributed by atoms with Crippen molar-refractivity contribution in [1.82, 2.24) is 0 Å². The molecular formula is C12H16O2S. The lowest BCUT2D eigenvalue weighted by Crippen LogP contribution is -1.97. The first-order valence-corrected chi connectivity index (χ1v) is 5.65. The lowest BCUT2D eigenvalue weighted by atomic mass is 10.2. The van der Waals surface area contributed by atoms with Gasteiger partial charge in [-0.15, -0.1) is 12.6 Å². The highest BCUT2D eigenvalue weighted by molar-refractivity contribution is 7.97. The highest BCUT2D eigenvalue weighted by Gasteiger charge is 1.99. The lowest BCUT2D eigenvalue weighted by molar-refractivity contribution is 0.109. The van der Waals surface area contributed by atoms with Crippen LogP contribution in [0.5, 0.6) is 5.75 Å². The number of carbonyl (C=O) groups excluding carboxylic acids is 1. The second-order valence-electron chi connectivity index (χ2n) is 3.39. The molecule has 0 aliphatic carbocycles. The molecule has 0 N–H and O–H groups in total. The Labute approximate surface area is 96.1 Å². The standard InChI is InChI=1S/C12H16O2S/c1-2-3-4-9-14-11-7-5-10(6-8-11)12(13)15/h5-8H,2-4,9H2,1H3,(H,13,15). The number of hydrogen-bond acceptors (Lipinski definition) is 2. The van der Waals surface area contributed by atoms with Gasteiger partial charge in [-0.3, -0.25) is 4.79 Å². The number of thiol groups is 1. The first-order valence-electron chi connectivity index (χ1n) is 5.20. The second-order valence-corrected chi connectivity index (χ2v) is 3.79. The highest BCUT2D eigenvalue weighted by Crippen LogP contribution is 2.13. The third kappa shape index (κ3) is 4.38. The molecule has 0 spiro atoms. The van der Waals surface area contributed by atoms with Crippen LogP contribution in [-0.2, 0) is 0 Å². The number of carbonyl (C=O) groups is 1. The number of ether oxygens (including phenoxy) is 1. The summed E-state index contributed by atoms with van der Waals surface area (Å²) >= 11 is 3.74. The molecule has 0 amide bonds. The molecule has 0 saturated carbocycles. The molecule has 82 valence electrons. The third-order valence-electron chi connectivity index (χ3n) is 2.12. The molecule has 0 unspecified atom stereocenters. The van der Waals surface area contributed by atoms with Gasteiger partial charge in [-0.05, 0) is 30.7 Å². The first-order chi connectivity index (χ1) is 7.24. The Kier molecular flexibility index (Phi) is 5.26. The van der Waals surface area contributed by atoms with E-state index in [-0.39, 0.29) is 5.12 Å². The Morgan fingerprint density at radius 2 is 1.93 bits per heavy atom. The Balaban J connectivity index is 2.39. The van der Waals surface area contributed by atoms with Crippen LogP contribution in [0.25, 0.3) is 0 Å². The molecule has 0 radical (unpaired) electrons. The van der Waals surface area contributed by atoms with Crippen molar-refractivity contribution in [2.24, 2.45) is 0 Å². The highest BCUT2D eigenvalue weighted by atomic mass is 32.1. The van der Waals surface area contributed by atoms with E-state index in [0.29, 0.717) is 5.56 Å². The fraction of sp³-hybridized carbons (Fsp3) is 0.417. The Morgan fingerprint density at radius 3 is 2.47 bits per heavy atom. The van der Waals surface area contributed by atoms with Crippen molar-refractivity contribution in [3.05, 3.63) is 29.8 Å². The van der Waals surface area contributed by atoms with Gasteiger partial charge in [0.15, 0.2) is 0 Å². The molecule has 3 heteroatoms. The van der Waals surface area contributed by atoms with Crippen molar-refractivity contribution in [3.63, 3.8) is 0 Å². The van der Waals surface area contributed by atoms with Gasteiger partial charge < -0.3 is 4.74 Å². The van der Waals surface area contributed by atoms with Crippen LogP contribution in [-0.4, -0.2) is 11.7 Å². The number of hydrogen-bond donors (Lipinski definition) is 1. The monoisotopic (exact) mass is 224 g/mol. The molecule has 2 nitrogen and oxygen atoms in total. The van der Waals surface area contributed by atoms with E-state index in [2.05, 4.69) is 19.6 Å². The van der Waals surface area contributed by atoms with E-state index in [4.69, 9.17) is 4.74 Å². The van der Waals surface area contributed by atoms with Gasteiger partial charge in [0, 0.05) is 5.56 Å². The van der Waals surface area contributed by atoms with E-state index in [9.17, 15) is 4.79 Å². The minimum Gasteiger partial charge on any atom is -0.494 e. The maximum absolute atomic E-state index is 10.9. The molecule has 0 aromatic heterocycles. The van der Waals surface area contributed by atoms with Crippen LogP contribution < -0.4 is 4.74 Å². The van der Waals surface area contributed by atoms with E-state index < -0.39 is 0 Å². The van der Waals surface area contributed by atoms with E-state index in [1.165, 1.54) is 12.8 Å². The van der Waals surface area contributed by atoms with Gasteiger partial charge in [-0.25, -0.2) is 0 Å². The largest absolute Gasteiger partial charge is 0.494 e. The molecule has 0 aliphatic rings. The topological polar surface area (TPSA) is 26.3 Å². The van der Waals surface area contributed by atoms with Crippen LogP contribution in [0.2, 0.25) is 0 Å². The molecular weight excluding hydrogens is 208 g/mol. The fourth-order valence-electron chi connectivity index (χ4n) is 1.24. The predicted molar refractivity (Wildman–Crippen MR) is 64.8 cm³/mol. The molecule has 0 bridgehead atoms. The zero-order valence-corrected chi connectivity index (χ0v) is 9.80.